The van der Waals surface area contributed by atoms with Crippen LogP contribution in [0, 0.1) is 23.3 Å². The normalized spacial score (nSPS) is 17.2. The number of anilines is 3. The number of carboxylic acid groups (broad SMARTS) is 3. The van der Waals surface area contributed by atoms with Crippen LogP contribution in [-0.4, -0.2) is 81.2 Å². The molecule has 4 aliphatic rings. The molecule has 1 fully saturated rings. The number of rotatable bonds is 18. The number of carboxylic acids is 3. The minimum Gasteiger partial charge on any atom is -0.478 e. The molecule has 3 aliphatic heterocycles. The first kappa shape index (κ1) is 76.1. The Hall–Kier alpha value is -12.6. The number of aromatic nitrogens is 6. The summed E-state index contributed by atoms with van der Waals surface area (Å²) in [5.74, 6) is -5.53. The van der Waals surface area contributed by atoms with Gasteiger partial charge in [0.1, 0.15) is 23.3 Å². The van der Waals surface area contributed by atoms with Gasteiger partial charge >= 0.3 is 17.9 Å². The first-order valence-electron chi connectivity index (χ1n) is 37.8. The van der Waals surface area contributed by atoms with Gasteiger partial charge < -0.3 is 30.0 Å². The van der Waals surface area contributed by atoms with Crippen molar-refractivity contribution in [1.29, 1.82) is 0 Å². The van der Waals surface area contributed by atoms with Gasteiger partial charge in [-0.25, -0.2) is 31.9 Å². The molecule has 0 spiro atoms. The van der Waals surface area contributed by atoms with Crippen molar-refractivity contribution in [2.24, 2.45) is 21.1 Å². The van der Waals surface area contributed by atoms with E-state index in [4.69, 9.17) is 15.3 Å². The third-order valence-corrected chi connectivity index (χ3v) is 21.7. The number of aryl methyl sites for hydroxylation is 5. The quantitative estimate of drug-likeness (QED) is 0.0549. The van der Waals surface area contributed by atoms with E-state index in [1.165, 1.54) is 94.4 Å². The van der Waals surface area contributed by atoms with E-state index in [1.807, 2.05) is 111 Å². The Kier molecular flexibility index (Phi) is 22.4. The molecule has 112 heavy (non-hydrogen) atoms. The third kappa shape index (κ3) is 16.5. The predicted molar refractivity (Wildman–Crippen MR) is 433 cm³/mol. The Morgan fingerprint density at radius 3 is 1.29 bits per heavy atom. The molecule has 9 aromatic carbocycles. The SMILES string of the molecule is CC1Cc2cc(-c3cnn(C)c3)ccc2C(c2c(F)cc(/C=C/C(=O)O)cc2F)N1c1ccc(C2CC2)cc1.CCc1ccccc1N1C(C)Cc2cc(-c3cnn(C)c3)ccc2C1c1ccc(/C=C/C(=O)O)cc1.CCc1ccccc1N1CCc2cc(-c3cnn(C)c3)ccc2C1c1c(F)cc(/C=C/C(=O)O)cc1F. The van der Waals surface area contributed by atoms with Gasteiger partial charge in [-0.3, -0.25) is 14.0 Å². The molecule has 5 unspecified atom stereocenters. The minimum atomic E-state index is -1.18. The van der Waals surface area contributed by atoms with Gasteiger partial charge in [0, 0.05) is 110 Å². The molecular weight excluding hydrogens is 1420 g/mol. The number of aliphatic carboxylic acids is 3. The Morgan fingerprint density at radius 1 is 0.438 bits per heavy atom. The summed E-state index contributed by atoms with van der Waals surface area (Å²) in [5.41, 5.74) is 21.9. The highest BCUT2D eigenvalue weighted by molar-refractivity contribution is 5.87. The molecule has 1 aliphatic carbocycles. The number of carbonyl (C=O) groups is 3. The van der Waals surface area contributed by atoms with Crippen molar-refractivity contribution in [1.82, 2.24) is 29.3 Å². The van der Waals surface area contributed by atoms with Gasteiger partial charge in [-0.2, -0.15) is 15.3 Å². The van der Waals surface area contributed by atoms with Gasteiger partial charge in [0.05, 0.1) is 47.8 Å². The highest BCUT2D eigenvalue weighted by Gasteiger charge is 2.40. The lowest BCUT2D eigenvalue weighted by Crippen LogP contribution is -2.43. The van der Waals surface area contributed by atoms with E-state index in [-0.39, 0.29) is 34.3 Å². The number of hydrogen-bond acceptors (Lipinski definition) is 9. The third-order valence-electron chi connectivity index (χ3n) is 21.7. The van der Waals surface area contributed by atoms with E-state index < -0.39 is 53.3 Å². The van der Waals surface area contributed by atoms with Crippen LogP contribution in [0.3, 0.4) is 0 Å². The van der Waals surface area contributed by atoms with E-state index >= 15 is 17.6 Å². The Labute approximate surface area is 649 Å². The number of hydrogen-bond donors (Lipinski definition) is 3. The second-order valence-corrected chi connectivity index (χ2v) is 29.3. The van der Waals surface area contributed by atoms with Crippen LogP contribution in [0.5, 0.6) is 0 Å². The largest absolute Gasteiger partial charge is 0.478 e. The van der Waals surface area contributed by atoms with Gasteiger partial charge in [0.25, 0.3) is 0 Å². The number of para-hydroxylation sites is 2. The molecule has 6 heterocycles. The van der Waals surface area contributed by atoms with Crippen LogP contribution in [0.25, 0.3) is 51.6 Å². The van der Waals surface area contributed by atoms with Gasteiger partial charge in [0.15, 0.2) is 0 Å². The second-order valence-electron chi connectivity index (χ2n) is 29.3. The summed E-state index contributed by atoms with van der Waals surface area (Å²) >= 11 is 0. The first-order chi connectivity index (χ1) is 54.1. The van der Waals surface area contributed by atoms with Crippen LogP contribution in [-0.2, 0) is 67.6 Å². The summed E-state index contributed by atoms with van der Waals surface area (Å²) in [7, 11) is 5.67. The van der Waals surface area contributed by atoms with Crippen molar-refractivity contribution in [3.8, 4) is 33.4 Å². The van der Waals surface area contributed by atoms with Crippen molar-refractivity contribution in [3.63, 3.8) is 0 Å². The fourth-order valence-corrected chi connectivity index (χ4v) is 16.3. The van der Waals surface area contributed by atoms with Crippen LogP contribution in [0.15, 0.2) is 231 Å². The van der Waals surface area contributed by atoms with Crippen LogP contribution in [0.1, 0.15) is 148 Å². The molecule has 0 bridgehead atoms. The molecule has 5 atom stereocenters. The molecule has 3 aromatic heterocycles. The lowest BCUT2D eigenvalue weighted by Gasteiger charge is -2.45. The molecular formula is C93H87F4N9O6. The summed E-state index contributed by atoms with van der Waals surface area (Å²) in [5, 5.41) is 39.7. The van der Waals surface area contributed by atoms with E-state index in [0.29, 0.717) is 24.9 Å². The Morgan fingerprint density at radius 2 is 0.839 bits per heavy atom. The Balaban J connectivity index is 0.000000140. The average Bonchev–Trinajstić information content (AvgIpc) is 1.56. The maximum atomic E-state index is 15.8. The van der Waals surface area contributed by atoms with Crippen LogP contribution >= 0.6 is 0 Å². The smallest absolute Gasteiger partial charge is 0.328 e. The van der Waals surface area contributed by atoms with E-state index in [9.17, 15) is 14.4 Å². The number of fused-ring (bicyclic) bond motifs is 3. The average molecular weight is 1500 g/mol. The number of halogens is 4. The molecule has 12 aromatic rings. The number of benzene rings is 9. The van der Waals surface area contributed by atoms with Crippen LogP contribution in [0.2, 0.25) is 0 Å². The summed E-state index contributed by atoms with van der Waals surface area (Å²) in [6, 6.07) is 55.9. The van der Waals surface area contributed by atoms with Crippen LogP contribution < -0.4 is 14.7 Å². The van der Waals surface area contributed by atoms with Crippen molar-refractivity contribution in [2.75, 3.05) is 21.2 Å². The molecule has 0 radical (unpaired) electrons. The van der Waals surface area contributed by atoms with E-state index in [0.717, 1.165) is 110 Å². The molecule has 3 N–H and O–H groups in total. The van der Waals surface area contributed by atoms with Gasteiger partial charge in [0.2, 0.25) is 0 Å². The zero-order chi connectivity index (χ0) is 78.6. The van der Waals surface area contributed by atoms with Gasteiger partial charge in [-0.05, 0) is 220 Å². The molecule has 0 amide bonds. The lowest BCUT2D eigenvalue weighted by molar-refractivity contribution is -0.132. The summed E-state index contributed by atoms with van der Waals surface area (Å²) in [6.07, 6.45) is 25.0. The number of nitrogens with zero attached hydrogens (tertiary/aromatic N) is 9. The second kappa shape index (κ2) is 32.9. The lowest BCUT2D eigenvalue weighted by atomic mass is 9.82. The Bertz CT molecular complexity index is 5550. The summed E-state index contributed by atoms with van der Waals surface area (Å²) in [4.78, 5) is 39.6. The fraction of sp³-hybridized carbons (Fsp3) is 0.226. The van der Waals surface area contributed by atoms with E-state index in [2.05, 4.69) is 155 Å². The molecule has 0 saturated heterocycles. The molecule has 15 nitrogen and oxygen atoms in total. The van der Waals surface area contributed by atoms with Gasteiger partial charge in [-0.1, -0.05) is 141 Å². The fourth-order valence-electron chi connectivity index (χ4n) is 16.3. The summed E-state index contributed by atoms with van der Waals surface area (Å²) in [6.45, 7) is 9.26. The van der Waals surface area contributed by atoms with Crippen molar-refractivity contribution < 1.29 is 47.3 Å². The van der Waals surface area contributed by atoms with Crippen molar-refractivity contribution in [2.45, 2.75) is 109 Å². The topological polar surface area (TPSA) is 175 Å². The maximum Gasteiger partial charge on any atom is 0.328 e. The highest BCUT2D eigenvalue weighted by Crippen LogP contribution is 2.49. The van der Waals surface area contributed by atoms with Crippen molar-refractivity contribution >= 4 is 53.2 Å². The predicted octanol–water partition coefficient (Wildman–Crippen LogP) is 19.3. The zero-order valence-corrected chi connectivity index (χ0v) is 63.4. The molecule has 568 valence electrons. The standard InChI is InChI=1S/C32H29F2N3O2.C31H31N3O2.C30H27F2N3O2/c1-19-13-24-16-23(25-17-35-36(2)18-25)8-11-27(24)32(37(19)26-9-6-22(7-10-26)21-4-5-21)31-28(33)14-20(15-29(31)34)3-12-30(38)39;1-4-23-7-5-6-8-29(23)34-21(2)17-26-18-25(27-19-32-33(3)20-27)14-15-28(26)31(34)24-12-9-22(10-13-24)11-16-30(35)36;1-3-20-6-4-5-7-27(20)35-13-12-22-16-21(23-17-33-34(2)18-23)9-10-24(22)30(35)29-25(31)14-19(15-26(29)32)8-11-28(36)37/h3,6-12,14-19,21,32H,4-5,13H2,1-2H3,(H,38,39);5-16,18-21,31H,4,17H2,1-3H3,(H,35,36);4-11,14-18,30H,3,12-13H2,1-2H3,(H,36,37)/b12-3+;16-11+;11-8+. The zero-order valence-electron chi connectivity index (χ0n) is 63.4. The van der Waals surface area contributed by atoms with E-state index in [1.54, 1.807) is 21.6 Å². The first-order valence-corrected chi connectivity index (χ1v) is 37.8. The molecule has 16 rings (SSSR count). The van der Waals surface area contributed by atoms with Crippen molar-refractivity contribution in [3.05, 3.63) is 338 Å². The highest BCUT2D eigenvalue weighted by atomic mass is 19.1. The minimum absolute atomic E-state index is 0.0381. The van der Waals surface area contributed by atoms with Gasteiger partial charge in [-0.15, -0.1) is 0 Å². The monoisotopic (exact) mass is 1500 g/mol. The molecule has 19 heteroatoms. The summed E-state index contributed by atoms with van der Waals surface area (Å²) < 4.78 is 68.3. The van der Waals surface area contributed by atoms with Crippen LogP contribution in [0.4, 0.5) is 34.6 Å². The maximum absolute atomic E-state index is 15.8. The molecule has 1 saturated carbocycles.